The van der Waals surface area contributed by atoms with Crippen LogP contribution in [0, 0.1) is 0 Å². The molecule has 2 unspecified atom stereocenters. The minimum Gasteiger partial charge on any atom is -0.434 e. The van der Waals surface area contributed by atoms with E-state index in [0.717, 1.165) is 11.3 Å². The molecule has 0 aliphatic rings. The molecule has 6 heteroatoms. The Bertz CT molecular complexity index is 420. The number of esters is 1. The average Bonchev–Trinajstić information content (AvgIpc) is 2.45. The first-order valence-corrected chi connectivity index (χ1v) is 7.92. The summed E-state index contributed by atoms with van der Waals surface area (Å²) in [5, 5.41) is 0.890. The maximum atomic E-state index is 11.1. The van der Waals surface area contributed by atoms with Gasteiger partial charge in [0, 0.05) is 19.4 Å². The Morgan fingerprint density at radius 3 is 2.58 bits per heavy atom. The highest BCUT2D eigenvalue weighted by Gasteiger charge is 2.40. The summed E-state index contributed by atoms with van der Waals surface area (Å²) < 4.78 is 16.3. The van der Waals surface area contributed by atoms with Gasteiger partial charge in [-0.25, -0.2) is 4.79 Å². The zero-order valence-electron chi connectivity index (χ0n) is 11.2. The average molecular weight is 281 g/mol. The fourth-order valence-electron chi connectivity index (χ4n) is 1.68. The molecular weight excluding hydrogens is 262 g/mol. The Hall–Kier alpha value is -1.47. The molecule has 1 rings (SSSR count). The van der Waals surface area contributed by atoms with E-state index in [-0.39, 0.29) is 6.17 Å². The molecule has 0 saturated carbocycles. The lowest BCUT2D eigenvalue weighted by Gasteiger charge is -2.30. The summed E-state index contributed by atoms with van der Waals surface area (Å²) in [6.45, 7) is 4.96. The van der Waals surface area contributed by atoms with Crippen LogP contribution in [-0.2, 0) is 18.4 Å². The molecule has 0 aliphatic carbocycles. The van der Waals surface area contributed by atoms with Crippen LogP contribution in [0.2, 0.25) is 0 Å². The van der Waals surface area contributed by atoms with Crippen LogP contribution in [0.3, 0.4) is 0 Å². The summed E-state index contributed by atoms with van der Waals surface area (Å²) in [4.78, 5) is 11.1. The molecule has 0 aliphatic heterocycles. The molecule has 0 fully saturated rings. The number of nitrogens with two attached hydrogens (primary N) is 1. The third kappa shape index (κ3) is 4.00. The number of rotatable bonds is 7. The predicted molar refractivity (Wildman–Crippen MR) is 74.7 cm³/mol. The number of carbonyl (C=O) groups excluding carboxylic acids is 1. The van der Waals surface area contributed by atoms with E-state index in [4.69, 9.17) is 19.3 Å². The zero-order chi connectivity index (χ0) is 14.3. The first kappa shape index (κ1) is 15.6. The fraction of sp³-hybridized carbons (Fsp3) is 0.308. The van der Waals surface area contributed by atoms with Gasteiger partial charge in [0.2, 0.25) is 0 Å². The van der Waals surface area contributed by atoms with Crippen molar-refractivity contribution in [2.45, 2.75) is 13.2 Å². The van der Waals surface area contributed by atoms with Crippen molar-refractivity contribution in [1.82, 2.24) is 0 Å². The number of hydrogen-bond acceptors (Lipinski definition) is 5. The largest absolute Gasteiger partial charge is 0.434 e. The van der Waals surface area contributed by atoms with Gasteiger partial charge in [0.1, 0.15) is 0 Å². The van der Waals surface area contributed by atoms with Crippen LogP contribution in [0.15, 0.2) is 43.0 Å². The smallest absolute Gasteiger partial charge is 0.388 e. The lowest BCUT2D eigenvalue weighted by molar-refractivity contribution is -0.157. The van der Waals surface area contributed by atoms with E-state index in [1.165, 1.54) is 0 Å². The van der Waals surface area contributed by atoms with Gasteiger partial charge in [0.15, 0.2) is 6.29 Å². The van der Waals surface area contributed by atoms with Crippen LogP contribution in [0.4, 0.5) is 0 Å². The molecule has 0 saturated heterocycles. The first-order valence-electron chi connectivity index (χ1n) is 5.89. The van der Waals surface area contributed by atoms with E-state index in [1.54, 1.807) is 14.0 Å². The van der Waals surface area contributed by atoms with E-state index in [9.17, 15) is 4.79 Å². The van der Waals surface area contributed by atoms with Gasteiger partial charge in [-0.1, -0.05) is 36.9 Å². The number of carbonyl (C=O) groups is 1. The van der Waals surface area contributed by atoms with Crippen LogP contribution < -0.4 is 10.9 Å². The van der Waals surface area contributed by atoms with E-state index in [1.807, 2.05) is 30.3 Å². The second-order valence-electron chi connectivity index (χ2n) is 3.85. The number of hydrogen-bond donors (Lipinski definition) is 1. The van der Waals surface area contributed by atoms with Crippen molar-refractivity contribution < 1.29 is 18.4 Å². The van der Waals surface area contributed by atoms with Crippen molar-refractivity contribution in [2.75, 3.05) is 13.3 Å². The van der Waals surface area contributed by atoms with Gasteiger partial charge in [-0.2, -0.15) is 0 Å². The molecule has 0 bridgehead atoms. The van der Waals surface area contributed by atoms with Gasteiger partial charge >= 0.3 is 14.5 Å². The summed E-state index contributed by atoms with van der Waals surface area (Å²) in [6.07, 6.45) is 0.561. The lowest BCUT2D eigenvalue weighted by atomic mass is 10.4. The van der Waals surface area contributed by atoms with Crippen molar-refractivity contribution in [3.63, 3.8) is 0 Å². The molecule has 0 aromatic heterocycles. The molecule has 1 aromatic rings. The van der Waals surface area contributed by atoms with Crippen molar-refractivity contribution in [1.29, 1.82) is 0 Å². The van der Waals surface area contributed by atoms with Crippen LogP contribution in [0.1, 0.15) is 6.92 Å². The molecular formula is C13H19NO4Si. The SMILES string of the molecule is C=CC(=O)OC(C)O[Si](CN)(OC)c1ccccc1. The molecule has 5 nitrogen and oxygen atoms in total. The van der Waals surface area contributed by atoms with Crippen LogP contribution >= 0.6 is 0 Å². The minimum atomic E-state index is -2.80. The third-order valence-corrected chi connectivity index (χ3v) is 5.74. The second-order valence-corrected chi connectivity index (χ2v) is 6.99. The van der Waals surface area contributed by atoms with Crippen LogP contribution in [-0.4, -0.2) is 34.1 Å². The van der Waals surface area contributed by atoms with E-state index >= 15 is 0 Å². The van der Waals surface area contributed by atoms with Crippen LogP contribution in [0.25, 0.3) is 0 Å². The first-order chi connectivity index (χ1) is 9.07. The van der Waals surface area contributed by atoms with Gasteiger partial charge in [-0.3, -0.25) is 0 Å². The number of benzene rings is 1. The van der Waals surface area contributed by atoms with Crippen molar-refractivity contribution in [3.05, 3.63) is 43.0 Å². The molecule has 1 aromatic carbocycles. The highest BCUT2D eigenvalue weighted by molar-refractivity contribution is 6.81. The Morgan fingerprint density at radius 2 is 2.11 bits per heavy atom. The highest BCUT2D eigenvalue weighted by Crippen LogP contribution is 2.10. The summed E-state index contributed by atoms with van der Waals surface area (Å²) in [6, 6.07) is 9.45. The normalized spacial score (nSPS) is 15.3. The lowest BCUT2D eigenvalue weighted by Crippen LogP contribution is -2.60. The quantitative estimate of drug-likeness (QED) is 0.342. The Morgan fingerprint density at radius 1 is 1.47 bits per heavy atom. The van der Waals surface area contributed by atoms with Crippen molar-refractivity contribution in [2.24, 2.45) is 5.73 Å². The molecule has 0 radical (unpaired) electrons. The fourth-order valence-corrected chi connectivity index (χ4v) is 3.93. The summed E-state index contributed by atoms with van der Waals surface area (Å²) in [7, 11) is -1.25. The zero-order valence-corrected chi connectivity index (χ0v) is 12.2. The van der Waals surface area contributed by atoms with Gasteiger partial charge in [-0.05, 0) is 12.1 Å². The van der Waals surface area contributed by atoms with E-state index in [0.29, 0.717) is 0 Å². The molecule has 0 amide bonds. The molecule has 0 spiro atoms. The molecule has 2 atom stereocenters. The molecule has 0 heterocycles. The second kappa shape index (κ2) is 7.20. The van der Waals surface area contributed by atoms with E-state index in [2.05, 4.69) is 6.58 Å². The summed E-state index contributed by atoms with van der Waals surface area (Å²) >= 11 is 0. The number of ether oxygens (including phenoxy) is 1. The summed E-state index contributed by atoms with van der Waals surface area (Å²) in [5.41, 5.74) is 5.81. The predicted octanol–water partition coefficient (Wildman–Crippen LogP) is 0.572. The van der Waals surface area contributed by atoms with Crippen molar-refractivity contribution >= 4 is 19.7 Å². The van der Waals surface area contributed by atoms with Crippen molar-refractivity contribution in [3.8, 4) is 0 Å². The van der Waals surface area contributed by atoms with Gasteiger partial charge in [0.25, 0.3) is 0 Å². The Kier molecular flexibility index (Phi) is 5.90. The minimum absolute atomic E-state index is 0.226. The maximum absolute atomic E-state index is 11.1. The monoisotopic (exact) mass is 281 g/mol. The van der Waals surface area contributed by atoms with Gasteiger partial charge in [0.05, 0.1) is 0 Å². The highest BCUT2D eigenvalue weighted by atomic mass is 28.4. The van der Waals surface area contributed by atoms with E-state index < -0.39 is 20.8 Å². The molecule has 104 valence electrons. The topological polar surface area (TPSA) is 70.8 Å². The molecule has 19 heavy (non-hydrogen) atoms. The Balaban J connectivity index is 2.88. The Labute approximate surface area is 114 Å². The maximum Gasteiger partial charge on any atom is 0.388 e. The van der Waals surface area contributed by atoms with Gasteiger partial charge in [-0.15, -0.1) is 0 Å². The third-order valence-electron chi connectivity index (χ3n) is 2.62. The van der Waals surface area contributed by atoms with Crippen LogP contribution in [0.5, 0.6) is 0 Å². The summed E-state index contributed by atoms with van der Waals surface area (Å²) in [5.74, 6) is -0.545. The molecule has 2 N–H and O–H groups in total. The standard InChI is InChI=1S/C13H19NO4Si/c1-4-13(15)17-11(2)18-19(10-14,16-3)12-8-6-5-7-9-12/h4-9,11H,1,10,14H2,2-3H3. The van der Waals surface area contributed by atoms with Gasteiger partial charge < -0.3 is 19.3 Å².